The highest BCUT2D eigenvalue weighted by Crippen LogP contribution is 2.19. The number of hydrogen-bond acceptors (Lipinski definition) is 4. The number of hydrogen-bond donors (Lipinski definition) is 0. The normalized spacial score (nSPS) is 10.5. The molecule has 2 rings (SSSR count). The average Bonchev–Trinajstić information content (AvgIpc) is 2.65. The highest BCUT2D eigenvalue weighted by Gasteiger charge is 2.17. The molecule has 0 saturated heterocycles. The van der Waals surface area contributed by atoms with Gasteiger partial charge in [-0.2, -0.15) is 5.26 Å². The van der Waals surface area contributed by atoms with Crippen molar-refractivity contribution in [2.24, 2.45) is 0 Å². The van der Waals surface area contributed by atoms with E-state index in [2.05, 4.69) is 0 Å². The number of carbonyl (C=O) groups is 2. The number of carbonyl (C=O) groups excluding carboxylic acids is 2. The summed E-state index contributed by atoms with van der Waals surface area (Å²) in [6, 6.07) is 15.5. The van der Waals surface area contributed by atoms with Crippen LogP contribution in [0.3, 0.4) is 0 Å². The number of esters is 1. The van der Waals surface area contributed by atoms with E-state index in [1.54, 1.807) is 6.08 Å². The minimum absolute atomic E-state index is 0.194. The second-order valence-corrected chi connectivity index (χ2v) is 6.60. The molecule has 0 fully saturated rings. The first-order valence-corrected chi connectivity index (χ1v) is 9.07. The maximum Gasteiger partial charge on any atom is 0.331 e. The molecule has 2 aromatic rings. The smallest absolute Gasteiger partial charge is 0.331 e. The van der Waals surface area contributed by atoms with Crippen LogP contribution < -0.4 is 4.90 Å². The van der Waals surface area contributed by atoms with Crippen LogP contribution in [0, 0.1) is 32.1 Å². The van der Waals surface area contributed by atoms with Crippen LogP contribution in [0.4, 0.5) is 5.69 Å². The maximum atomic E-state index is 12.6. The highest BCUT2D eigenvalue weighted by molar-refractivity contribution is 5.96. The molecule has 1 amide bonds. The molecule has 0 atom stereocenters. The van der Waals surface area contributed by atoms with Crippen molar-refractivity contribution in [2.45, 2.75) is 27.2 Å². The molecule has 0 N–H and O–H groups in total. The zero-order valence-corrected chi connectivity index (χ0v) is 16.4. The molecule has 5 heteroatoms. The van der Waals surface area contributed by atoms with Gasteiger partial charge in [0.25, 0.3) is 5.91 Å². The van der Waals surface area contributed by atoms with Gasteiger partial charge in [-0.15, -0.1) is 0 Å². The van der Waals surface area contributed by atoms with E-state index in [1.807, 2.05) is 69.3 Å². The van der Waals surface area contributed by atoms with E-state index in [0.717, 1.165) is 22.3 Å². The van der Waals surface area contributed by atoms with Crippen LogP contribution in [0.1, 0.15) is 28.7 Å². The summed E-state index contributed by atoms with van der Waals surface area (Å²) in [5, 5.41) is 8.89. The molecule has 0 aliphatic rings. The minimum atomic E-state index is -0.586. The van der Waals surface area contributed by atoms with Gasteiger partial charge in [-0.1, -0.05) is 30.3 Å². The van der Waals surface area contributed by atoms with Gasteiger partial charge in [-0.25, -0.2) is 4.79 Å². The van der Waals surface area contributed by atoms with Gasteiger partial charge in [-0.3, -0.25) is 4.79 Å². The topological polar surface area (TPSA) is 70.4 Å². The average molecular weight is 376 g/mol. The molecule has 0 spiro atoms. The Morgan fingerprint density at radius 1 is 1.11 bits per heavy atom. The first kappa shape index (κ1) is 20.9. The second-order valence-electron chi connectivity index (χ2n) is 6.60. The van der Waals surface area contributed by atoms with Crippen molar-refractivity contribution in [3.63, 3.8) is 0 Å². The predicted octanol–water partition coefficient (Wildman–Crippen LogP) is 4.12. The maximum absolute atomic E-state index is 12.6. The minimum Gasteiger partial charge on any atom is -0.452 e. The number of rotatable bonds is 7. The molecule has 5 nitrogen and oxygen atoms in total. The lowest BCUT2D eigenvalue weighted by Crippen LogP contribution is -2.35. The molecule has 0 aliphatic heterocycles. The summed E-state index contributed by atoms with van der Waals surface area (Å²) in [5.74, 6) is -0.949. The van der Waals surface area contributed by atoms with Crippen molar-refractivity contribution in [3.05, 3.63) is 70.8 Å². The Morgan fingerprint density at radius 2 is 1.79 bits per heavy atom. The third-order valence-corrected chi connectivity index (χ3v) is 4.19. The fourth-order valence-electron chi connectivity index (χ4n) is 2.86. The number of anilines is 1. The molecule has 0 aliphatic carbocycles. The monoisotopic (exact) mass is 376 g/mol. The van der Waals surface area contributed by atoms with E-state index < -0.39 is 5.97 Å². The van der Waals surface area contributed by atoms with Crippen molar-refractivity contribution in [1.82, 2.24) is 0 Å². The number of nitrogens with zero attached hydrogens (tertiary/aromatic N) is 2. The fourth-order valence-corrected chi connectivity index (χ4v) is 2.86. The Kier molecular flexibility index (Phi) is 7.53. The van der Waals surface area contributed by atoms with Gasteiger partial charge < -0.3 is 9.64 Å². The van der Waals surface area contributed by atoms with Crippen molar-refractivity contribution in [2.75, 3.05) is 18.1 Å². The molecule has 0 radical (unpaired) electrons. The third kappa shape index (κ3) is 6.10. The van der Waals surface area contributed by atoms with Crippen molar-refractivity contribution >= 4 is 23.6 Å². The summed E-state index contributed by atoms with van der Waals surface area (Å²) in [4.78, 5) is 26.1. The molecule has 0 bridgehead atoms. The summed E-state index contributed by atoms with van der Waals surface area (Å²) < 4.78 is 5.11. The van der Waals surface area contributed by atoms with E-state index in [-0.39, 0.29) is 25.5 Å². The largest absolute Gasteiger partial charge is 0.452 e. The lowest BCUT2D eigenvalue weighted by atomic mass is 10.1. The van der Waals surface area contributed by atoms with Crippen LogP contribution in [-0.4, -0.2) is 25.0 Å². The molecule has 144 valence electrons. The standard InChI is InChI=1S/C23H24N2O3/c1-17-13-18(2)15-21(14-17)25(12-6-11-24)22(26)16-28-23(27)10-9-20-8-5-4-7-19(20)3/h4-5,7-10,13-15H,6,12,16H2,1-3H3/b10-9+. The Morgan fingerprint density at radius 3 is 2.43 bits per heavy atom. The van der Waals surface area contributed by atoms with Crippen LogP contribution in [-0.2, 0) is 14.3 Å². The second kappa shape index (κ2) is 10.1. The number of amides is 1. The van der Waals surface area contributed by atoms with Gasteiger partial charge in [0.2, 0.25) is 0 Å². The van der Waals surface area contributed by atoms with Gasteiger partial charge >= 0.3 is 5.97 Å². The molecule has 0 saturated carbocycles. The van der Waals surface area contributed by atoms with Crippen LogP contribution in [0.15, 0.2) is 48.5 Å². The Balaban J connectivity index is 2.04. The molecule has 28 heavy (non-hydrogen) atoms. The number of nitriles is 1. The van der Waals surface area contributed by atoms with Gasteiger partial charge in [0.15, 0.2) is 6.61 Å². The quantitative estimate of drug-likeness (QED) is 0.538. The van der Waals surface area contributed by atoms with Crippen LogP contribution >= 0.6 is 0 Å². The van der Waals surface area contributed by atoms with Gasteiger partial charge in [0.05, 0.1) is 12.5 Å². The molecule has 2 aromatic carbocycles. The van der Waals surface area contributed by atoms with Crippen molar-refractivity contribution in [1.29, 1.82) is 5.26 Å². The van der Waals surface area contributed by atoms with E-state index in [0.29, 0.717) is 5.69 Å². The van der Waals surface area contributed by atoms with Crippen LogP contribution in [0.25, 0.3) is 6.08 Å². The first-order valence-electron chi connectivity index (χ1n) is 9.07. The lowest BCUT2D eigenvalue weighted by molar-refractivity contribution is -0.142. The summed E-state index contributed by atoms with van der Waals surface area (Å²) in [6.07, 6.45) is 3.17. The van der Waals surface area contributed by atoms with E-state index >= 15 is 0 Å². The fraction of sp³-hybridized carbons (Fsp3) is 0.261. The van der Waals surface area contributed by atoms with Gasteiger partial charge in [-0.05, 0) is 61.2 Å². The number of ether oxygens (including phenoxy) is 1. The Bertz CT molecular complexity index is 905. The molecule has 0 heterocycles. The zero-order valence-electron chi connectivity index (χ0n) is 16.4. The lowest BCUT2D eigenvalue weighted by Gasteiger charge is -2.22. The van der Waals surface area contributed by atoms with E-state index in [9.17, 15) is 9.59 Å². The highest BCUT2D eigenvalue weighted by atomic mass is 16.5. The van der Waals surface area contributed by atoms with Crippen molar-refractivity contribution in [3.8, 4) is 6.07 Å². The summed E-state index contributed by atoms with van der Waals surface area (Å²) >= 11 is 0. The number of benzene rings is 2. The van der Waals surface area contributed by atoms with Crippen LogP contribution in [0.2, 0.25) is 0 Å². The van der Waals surface area contributed by atoms with Crippen molar-refractivity contribution < 1.29 is 14.3 Å². The number of aryl methyl sites for hydroxylation is 3. The van der Waals surface area contributed by atoms with Gasteiger partial charge in [0.1, 0.15) is 0 Å². The molecular formula is C23H24N2O3. The van der Waals surface area contributed by atoms with E-state index in [4.69, 9.17) is 10.00 Å². The Labute approximate surface area is 165 Å². The summed E-state index contributed by atoms with van der Waals surface area (Å²) in [7, 11) is 0. The molecule has 0 aromatic heterocycles. The summed E-state index contributed by atoms with van der Waals surface area (Å²) in [6.45, 7) is 5.70. The Hall–Kier alpha value is -3.39. The van der Waals surface area contributed by atoms with E-state index in [1.165, 1.54) is 11.0 Å². The van der Waals surface area contributed by atoms with Crippen LogP contribution in [0.5, 0.6) is 0 Å². The van der Waals surface area contributed by atoms with Gasteiger partial charge in [0, 0.05) is 18.3 Å². The predicted molar refractivity (Wildman–Crippen MR) is 110 cm³/mol. The third-order valence-electron chi connectivity index (χ3n) is 4.19. The zero-order chi connectivity index (χ0) is 20.5. The first-order chi connectivity index (χ1) is 13.4. The SMILES string of the molecule is Cc1cc(C)cc(N(CCC#N)C(=O)COC(=O)/C=C/c2ccccc2C)c1. The summed E-state index contributed by atoms with van der Waals surface area (Å²) in [5.41, 5.74) is 4.69. The molecular weight excluding hydrogens is 352 g/mol. The molecule has 0 unspecified atom stereocenters.